The van der Waals surface area contributed by atoms with E-state index in [2.05, 4.69) is 15.3 Å². The number of aromatic nitrogens is 3. The number of hydrogen-bond acceptors (Lipinski definition) is 5. The van der Waals surface area contributed by atoms with E-state index < -0.39 is 0 Å². The predicted octanol–water partition coefficient (Wildman–Crippen LogP) is 5.01. The molecule has 0 saturated heterocycles. The minimum Gasteiger partial charge on any atom is -0.496 e. The van der Waals surface area contributed by atoms with Crippen LogP contribution in [0.25, 0.3) is 22.4 Å². The van der Waals surface area contributed by atoms with Gasteiger partial charge in [0.05, 0.1) is 12.8 Å². The van der Waals surface area contributed by atoms with E-state index in [0.29, 0.717) is 12.5 Å². The van der Waals surface area contributed by atoms with Gasteiger partial charge in [-0.05, 0) is 47.9 Å². The third-order valence-corrected chi connectivity index (χ3v) is 4.77. The first-order valence-electron chi connectivity index (χ1n) is 9.64. The van der Waals surface area contributed by atoms with E-state index >= 15 is 0 Å². The van der Waals surface area contributed by atoms with Crippen molar-refractivity contribution in [1.29, 1.82) is 0 Å². The summed E-state index contributed by atoms with van der Waals surface area (Å²) in [5.41, 5.74) is 4.48. The summed E-state index contributed by atoms with van der Waals surface area (Å²) in [5.74, 6) is 1.12. The topological polar surface area (TPSA) is 59.9 Å². The van der Waals surface area contributed by atoms with Crippen LogP contribution in [0, 0.1) is 5.82 Å². The lowest BCUT2D eigenvalue weighted by Crippen LogP contribution is -2.09. The van der Waals surface area contributed by atoms with E-state index in [0.717, 1.165) is 40.1 Å². The Bertz CT molecular complexity index is 1120. The number of hydrogen-bond donors (Lipinski definition) is 1. The average molecular weight is 400 g/mol. The lowest BCUT2D eigenvalue weighted by molar-refractivity contribution is 0.410. The van der Waals surface area contributed by atoms with E-state index in [4.69, 9.17) is 9.72 Å². The van der Waals surface area contributed by atoms with Crippen molar-refractivity contribution in [1.82, 2.24) is 15.0 Å². The molecule has 5 nitrogen and oxygen atoms in total. The van der Waals surface area contributed by atoms with Crippen molar-refractivity contribution < 1.29 is 9.13 Å². The van der Waals surface area contributed by atoms with Crippen LogP contribution in [0.5, 0.6) is 5.75 Å². The molecule has 2 aromatic carbocycles. The normalized spacial score (nSPS) is 10.6. The quantitative estimate of drug-likeness (QED) is 0.473. The number of para-hydroxylation sites is 1. The van der Waals surface area contributed by atoms with E-state index in [1.54, 1.807) is 37.8 Å². The molecule has 0 unspecified atom stereocenters. The fraction of sp³-hybridized carbons (Fsp3) is 0.125. The number of benzene rings is 2. The van der Waals surface area contributed by atoms with Crippen molar-refractivity contribution in [3.63, 3.8) is 0 Å². The number of halogens is 1. The van der Waals surface area contributed by atoms with Gasteiger partial charge in [0, 0.05) is 36.3 Å². The Hall–Kier alpha value is -3.80. The highest BCUT2D eigenvalue weighted by Crippen LogP contribution is 2.30. The molecule has 0 atom stereocenters. The van der Waals surface area contributed by atoms with Gasteiger partial charge in [0.25, 0.3) is 0 Å². The summed E-state index contributed by atoms with van der Waals surface area (Å²) < 4.78 is 18.8. The van der Waals surface area contributed by atoms with Crippen LogP contribution in [-0.2, 0) is 6.42 Å². The zero-order valence-corrected chi connectivity index (χ0v) is 16.5. The minimum absolute atomic E-state index is 0.278. The largest absolute Gasteiger partial charge is 0.496 e. The van der Waals surface area contributed by atoms with Gasteiger partial charge in [-0.25, -0.2) is 14.4 Å². The van der Waals surface area contributed by atoms with E-state index in [1.165, 1.54) is 12.1 Å². The Kier molecular flexibility index (Phi) is 5.94. The Labute approximate surface area is 174 Å². The third-order valence-electron chi connectivity index (χ3n) is 4.77. The predicted molar refractivity (Wildman–Crippen MR) is 116 cm³/mol. The van der Waals surface area contributed by atoms with Gasteiger partial charge in [0.1, 0.15) is 11.6 Å². The summed E-state index contributed by atoms with van der Waals surface area (Å²) in [4.78, 5) is 13.3. The summed E-state index contributed by atoms with van der Waals surface area (Å²) in [5, 5.41) is 3.29. The first-order chi connectivity index (χ1) is 14.7. The highest BCUT2D eigenvalue weighted by Gasteiger charge is 2.12. The lowest BCUT2D eigenvalue weighted by atomic mass is 10.0. The number of nitrogens with one attached hydrogen (secondary N) is 1. The van der Waals surface area contributed by atoms with Crippen molar-refractivity contribution in [2.75, 3.05) is 19.0 Å². The number of pyridine rings is 1. The Morgan fingerprint density at radius 1 is 0.933 bits per heavy atom. The molecule has 30 heavy (non-hydrogen) atoms. The van der Waals surface area contributed by atoms with Crippen LogP contribution in [-0.4, -0.2) is 28.6 Å². The van der Waals surface area contributed by atoms with E-state index in [1.807, 2.05) is 36.4 Å². The van der Waals surface area contributed by atoms with Gasteiger partial charge in [-0.15, -0.1) is 0 Å². The molecule has 0 aliphatic rings. The number of methoxy groups -OCH3 is 1. The van der Waals surface area contributed by atoms with Crippen LogP contribution in [0.1, 0.15) is 5.56 Å². The molecule has 6 heteroatoms. The van der Waals surface area contributed by atoms with Gasteiger partial charge >= 0.3 is 0 Å². The summed E-state index contributed by atoms with van der Waals surface area (Å²) in [6.45, 7) is 0.659. The molecule has 0 saturated carbocycles. The molecule has 0 fully saturated rings. The molecule has 0 aliphatic heterocycles. The van der Waals surface area contributed by atoms with Crippen LogP contribution < -0.4 is 10.1 Å². The van der Waals surface area contributed by atoms with E-state index in [9.17, 15) is 4.39 Å². The van der Waals surface area contributed by atoms with Crippen molar-refractivity contribution in [2.45, 2.75) is 6.42 Å². The average Bonchev–Trinajstić information content (AvgIpc) is 2.80. The minimum atomic E-state index is -0.278. The van der Waals surface area contributed by atoms with Gasteiger partial charge < -0.3 is 10.1 Å². The highest BCUT2D eigenvalue weighted by atomic mass is 19.1. The lowest BCUT2D eigenvalue weighted by Gasteiger charge is -2.12. The van der Waals surface area contributed by atoms with Gasteiger partial charge in [-0.1, -0.05) is 30.3 Å². The number of nitrogens with zero attached hydrogens (tertiary/aromatic N) is 3. The summed E-state index contributed by atoms with van der Waals surface area (Å²) >= 11 is 0. The summed E-state index contributed by atoms with van der Waals surface area (Å²) in [6.07, 6.45) is 5.99. The number of anilines is 1. The maximum absolute atomic E-state index is 13.4. The van der Waals surface area contributed by atoms with Crippen LogP contribution in [0.4, 0.5) is 10.3 Å². The van der Waals surface area contributed by atoms with Gasteiger partial charge in [-0.3, -0.25) is 4.98 Å². The van der Waals surface area contributed by atoms with Crippen molar-refractivity contribution in [3.05, 3.63) is 90.6 Å². The molecule has 0 amide bonds. The standard InChI is InChI=1S/C24H21FN4O/c1-30-22-5-3-2-4-18(22)12-15-27-24-28-16-21(17-6-8-20(25)9-7-17)23(29-24)19-10-13-26-14-11-19/h2-11,13-14,16H,12,15H2,1H3,(H,27,28,29). The second-order valence-electron chi connectivity index (χ2n) is 6.69. The second-order valence-corrected chi connectivity index (χ2v) is 6.69. The summed E-state index contributed by atoms with van der Waals surface area (Å²) in [7, 11) is 1.67. The zero-order chi connectivity index (χ0) is 20.8. The van der Waals surface area contributed by atoms with E-state index in [-0.39, 0.29) is 5.82 Å². The fourth-order valence-electron chi connectivity index (χ4n) is 3.26. The van der Waals surface area contributed by atoms with Crippen LogP contribution in [0.15, 0.2) is 79.3 Å². The maximum atomic E-state index is 13.4. The van der Waals surface area contributed by atoms with Crippen LogP contribution in [0.2, 0.25) is 0 Å². The van der Waals surface area contributed by atoms with Crippen LogP contribution >= 0.6 is 0 Å². The van der Waals surface area contributed by atoms with Crippen molar-refractivity contribution in [3.8, 4) is 28.1 Å². The zero-order valence-electron chi connectivity index (χ0n) is 16.5. The molecule has 2 heterocycles. The van der Waals surface area contributed by atoms with Gasteiger partial charge in [0.2, 0.25) is 5.95 Å². The number of rotatable bonds is 7. The Balaban J connectivity index is 1.60. The Morgan fingerprint density at radius 3 is 2.47 bits per heavy atom. The molecular formula is C24H21FN4O. The molecule has 0 bridgehead atoms. The molecule has 0 aliphatic carbocycles. The van der Waals surface area contributed by atoms with Crippen molar-refractivity contribution >= 4 is 5.95 Å². The maximum Gasteiger partial charge on any atom is 0.223 e. The van der Waals surface area contributed by atoms with Gasteiger partial charge in [-0.2, -0.15) is 0 Å². The number of ether oxygens (including phenoxy) is 1. The molecule has 1 N–H and O–H groups in total. The molecule has 150 valence electrons. The molecule has 0 radical (unpaired) electrons. The van der Waals surface area contributed by atoms with Crippen molar-refractivity contribution in [2.24, 2.45) is 0 Å². The highest BCUT2D eigenvalue weighted by molar-refractivity contribution is 5.80. The van der Waals surface area contributed by atoms with Gasteiger partial charge in [0.15, 0.2) is 0 Å². The first-order valence-corrected chi connectivity index (χ1v) is 9.64. The molecule has 0 spiro atoms. The fourth-order valence-corrected chi connectivity index (χ4v) is 3.26. The molecular weight excluding hydrogens is 379 g/mol. The second kappa shape index (κ2) is 9.13. The molecule has 2 aromatic heterocycles. The monoisotopic (exact) mass is 400 g/mol. The SMILES string of the molecule is COc1ccccc1CCNc1ncc(-c2ccc(F)cc2)c(-c2ccncc2)n1. The molecule has 4 aromatic rings. The summed E-state index contributed by atoms with van der Waals surface area (Å²) in [6, 6.07) is 18.1. The Morgan fingerprint density at radius 2 is 1.70 bits per heavy atom. The first kappa shape index (κ1) is 19.5. The smallest absolute Gasteiger partial charge is 0.223 e. The molecule has 4 rings (SSSR count). The van der Waals surface area contributed by atoms with Crippen LogP contribution in [0.3, 0.4) is 0 Å². The third kappa shape index (κ3) is 4.43.